The third-order valence-corrected chi connectivity index (χ3v) is 2.22. The van der Waals surface area contributed by atoms with Gasteiger partial charge in [0.15, 0.2) is 0 Å². The topological polar surface area (TPSA) is 103 Å². The van der Waals surface area contributed by atoms with E-state index in [0.29, 0.717) is 0 Å². The van der Waals surface area contributed by atoms with Crippen molar-refractivity contribution < 1.29 is 17.4 Å². The fraction of sp³-hybridized carbons (Fsp3) is 0. The van der Waals surface area contributed by atoms with Crippen LogP contribution in [0.4, 0.5) is 10.1 Å². The van der Waals surface area contributed by atoms with Gasteiger partial charge in [0.25, 0.3) is 10.1 Å². The third kappa shape index (κ3) is 2.19. The van der Waals surface area contributed by atoms with Gasteiger partial charge in [-0.15, -0.1) is 0 Å². The molecule has 6 nitrogen and oxygen atoms in total. The van der Waals surface area contributed by atoms with Gasteiger partial charge >= 0.3 is 0 Å². The lowest BCUT2D eigenvalue weighted by Crippen LogP contribution is -1.97. The van der Waals surface area contributed by atoms with Crippen LogP contribution >= 0.6 is 0 Å². The van der Waals surface area contributed by atoms with E-state index in [1.165, 1.54) is 0 Å². The standard InChI is InChI=1S/C6H4FN3O3S/c7-5-2-1-4(14(11,12)13)3-6(5)9-10-8/h1-3H,(H,11,12,13). The van der Waals surface area contributed by atoms with E-state index in [1.807, 2.05) is 0 Å². The van der Waals surface area contributed by atoms with Gasteiger partial charge < -0.3 is 0 Å². The first-order chi connectivity index (χ1) is 6.45. The van der Waals surface area contributed by atoms with Crippen molar-refractivity contribution in [1.82, 2.24) is 0 Å². The van der Waals surface area contributed by atoms with Crippen LogP contribution in [0.25, 0.3) is 10.4 Å². The van der Waals surface area contributed by atoms with Gasteiger partial charge in [-0.05, 0) is 23.7 Å². The van der Waals surface area contributed by atoms with E-state index in [0.717, 1.165) is 18.2 Å². The van der Waals surface area contributed by atoms with Crippen molar-refractivity contribution in [3.05, 3.63) is 34.5 Å². The SMILES string of the molecule is [N-]=[N+]=Nc1cc(S(=O)(=O)O)ccc1F. The molecule has 0 aliphatic heterocycles. The Balaban J connectivity index is 3.41. The minimum atomic E-state index is -4.41. The molecule has 1 aromatic rings. The van der Waals surface area contributed by atoms with E-state index in [2.05, 4.69) is 10.0 Å². The third-order valence-electron chi connectivity index (χ3n) is 1.37. The lowest BCUT2D eigenvalue weighted by Gasteiger charge is -1.98. The Morgan fingerprint density at radius 3 is 2.64 bits per heavy atom. The molecule has 0 heterocycles. The van der Waals surface area contributed by atoms with E-state index in [4.69, 9.17) is 10.1 Å². The zero-order chi connectivity index (χ0) is 10.8. The number of halogens is 1. The predicted molar refractivity (Wildman–Crippen MR) is 45.0 cm³/mol. The largest absolute Gasteiger partial charge is 0.294 e. The molecule has 0 bridgehead atoms. The highest BCUT2D eigenvalue weighted by Crippen LogP contribution is 2.21. The van der Waals surface area contributed by atoms with E-state index >= 15 is 0 Å². The Bertz CT molecular complexity index is 507. The number of benzene rings is 1. The van der Waals surface area contributed by atoms with Crippen LogP contribution in [0.15, 0.2) is 28.2 Å². The Morgan fingerprint density at radius 2 is 2.14 bits per heavy atom. The minimum absolute atomic E-state index is 0.484. The number of rotatable bonds is 2. The fourth-order valence-electron chi connectivity index (χ4n) is 0.778. The molecule has 0 spiro atoms. The normalized spacial score (nSPS) is 10.7. The summed E-state index contributed by atoms with van der Waals surface area (Å²) in [4.78, 5) is 1.77. The molecule has 0 unspecified atom stereocenters. The van der Waals surface area contributed by atoms with Crippen molar-refractivity contribution in [3.8, 4) is 0 Å². The summed E-state index contributed by atoms with van der Waals surface area (Å²) in [5.41, 5.74) is 7.53. The van der Waals surface area contributed by atoms with Gasteiger partial charge in [0.1, 0.15) is 5.82 Å². The molecule has 0 fully saturated rings. The smallest absolute Gasteiger partial charge is 0.282 e. The monoisotopic (exact) mass is 217 g/mol. The summed E-state index contributed by atoms with van der Waals surface area (Å²) < 4.78 is 42.6. The molecule has 1 aromatic carbocycles. The number of nitrogens with zero attached hydrogens (tertiary/aromatic N) is 3. The first-order valence-electron chi connectivity index (χ1n) is 3.27. The van der Waals surface area contributed by atoms with Crippen molar-refractivity contribution in [2.75, 3.05) is 0 Å². The zero-order valence-corrected chi connectivity index (χ0v) is 7.44. The van der Waals surface area contributed by atoms with Crippen molar-refractivity contribution in [2.24, 2.45) is 5.11 Å². The van der Waals surface area contributed by atoms with Gasteiger partial charge in [-0.3, -0.25) is 4.55 Å². The molecule has 0 aliphatic rings. The molecule has 0 amide bonds. The first-order valence-corrected chi connectivity index (χ1v) is 4.71. The molecular weight excluding hydrogens is 213 g/mol. The minimum Gasteiger partial charge on any atom is -0.282 e. The summed E-state index contributed by atoms with van der Waals surface area (Å²) in [6.07, 6.45) is 0. The maximum atomic E-state index is 12.8. The first kappa shape index (κ1) is 10.5. The van der Waals surface area contributed by atoms with E-state index in [1.54, 1.807) is 0 Å². The zero-order valence-electron chi connectivity index (χ0n) is 6.62. The van der Waals surface area contributed by atoms with Gasteiger partial charge in [0.2, 0.25) is 0 Å². The molecule has 1 rings (SSSR count). The lowest BCUT2D eigenvalue weighted by molar-refractivity contribution is 0.483. The van der Waals surface area contributed by atoms with Gasteiger partial charge in [-0.25, -0.2) is 4.39 Å². The quantitative estimate of drug-likeness (QED) is 0.354. The maximum absolute atomic E-state index is 12.8. The van der Waals surface area contributed by atoms with Crippen molar-refractivity contribution in [3.63, 3.8) is 0 Å². The molecule has 1 N–H and O–H groups in total. The summed E-state index contributed by atoms with van der Waals surface area (Å²) in [6, 6.07) is 2.39. The van der Waals surface area contributed by atoms with Gasteiger partial charge in [-0.1, -0.05) is 5.11 Å². The fourth-order valence-corrected chi connectivity index (χ4v) is 1.28. The molecule has 0 radical (unpaired) electrons. The second-order valence-corrected chi connectivity index (χ2v) is 3.70. The molecule has 0 aliphatic carbocycles. The van der Waals surface area contributed by atoms with Crippen molar-refractivity contribution in [1.29, 1.82) is 0 Å². The molecular formula is C6H4FN3O3S. The lowest BCUT2D eigenvalue weighted by atomic mass is 10.3. The summed E-state index contributed by atoms with van der Waals surface area (Å²) in [5.74, 6) is -0.866. The summed E-state index contributed by atoms with van der Waals surface area (Å²) in [6.45, 7) is 0. The summed E-state index contributed by atoms with van der Waals surface area (Å²) in [5, 5.41) is 2.91. The van der Waals surface area contributed by atoms with Crippen molar-refractivity contribution in [2.45, 2.75) is 4.90 Å². The molecule has 8 heteroatoms. The Labute approximate surface area is 78.4 Å². The van der Waals surface area contributed by atoms with Crippen LogP contribution < -0.4 is 0 Å². The van der Waals surface area contributed by atoms with E-state index in [9.17, 15) is 12.8 Å². The second-order valence-electron chi connectivity index (χ2n) is 2.28. The second kappa shape index (κ2) is 3.62. The highest BCUT2D eigenvalue weighted by Gasteiger charge is 2.11. The number of azide groups is 1. The molecule has 0 saturated heterocycles. The summed E-state index contributed by atoms with van der Waals surface area (Å²) in [7, 11) is -4.41. The van der Waals surface area contributed by atoms with Gasteiger partial charge in [-0.2, -0.15) is 8.42 Å². The van der Waals surface area contributed by atoms with Crippen LogP contribution in [0.3, 0.4) is 0 Å². The van der Waals surface area contributed by atoms with Gasteiger partial charge in [0, 0.05) is 4.91 Å². The van der Waals surface area contributed by atoms with Crippen molar-refractivity contribution >= 4 is 15.8 Å². The van der Waals surface area contributed by atoms with Crippen LogP contribution in [-0.4, -0.2) is 13.0 Å². The van der Waals surface area contributed by atoms with Crippen LogP contribution in [0, 0.1) is 5.82 Å². The molecule has 0 saturated carbocycles. The Kier molecular flexibility index (Phi) is 2.70. The predicted octanol–water partition coefficient (Wildman–Crippen LogP) is 2.01. The van der Waals surface area contributed by atoms with Gasteiger partial charge in [0.05, 0.1) is 10.6 Å². The average molecular weight is 217 g/mol. The molecule has 0 atom stereocenters. The van der Waals surface area contributed by atoms with Crippen LogP contribution in [0.5, 0.6) is 0 Å². The van der Waals surface area contributed by atoms with Crippen LogP contribution in [0.1, 0.15) is 0 Å². The number of hydrogen-bond acceptors (Lipinski definition) is 3. The molecule has 74 valence electrons. The Morgan fingerprint density at radius 1 is 1.50 bits per heavy atom. The Hall–Kier alpha value is -1.63. The van der Waals surface area contributed by atoms with E-state index < -0.39 is 26.5 Å². The number of hydrogen-bond donors (Lipinski definition) is 1. The molecule has 14 heavy (non-hydrogen) atoms. The molecule has 0 aromatic heterocycles. The highest BCUT2D eigenvalue weighted by atomic mass is 32.2. The maximum Gasteiger partial charge on any atom is 0.294 e. The van der Waals surface area contributed by atoms with E-state index in [-0.39, 0.29) is 0 Å². The highest BCUT2D eigenvalue weighted by molar-refractivity contribution is 7.85. The van der Waals surface area contributed by atoms with Crippen LogP contribution in [-0.2, 0) is 10.1 Å². The van der Waals surface area contributed by atoms with Crippen LogP contribution in [0.2, 0.25) is 0 Å². The summed E-state index contributed by atoms with van der Waals surface area (Å²) >= 11 is 0. The average Bonchev–Trinajstić information content (AvgIpc) is 2.07.